The van der Waals surface area contributed by atoms with E-state index in [1.807, 2.05) is 48.5 Å². The number of phenols is 1. The highest BCUT2D eigenvalue weighted by Crippen LogP contribution is 2.50. The molecule has 3 aromatic carbocycles. The molecule has 2 N–H and O–H groups in total. The van der Waals surface area contributed by atoms with Crippen molar-refractivity contribution in [3.63, 3.8) is 0 Å². The van der Waals surface area contributed by atoms with Crippen molar-refractivity contribution in [2.45, 2.75) is 36.8 Å². The maximum absolute atomic E-state index is 13.3. The molecule has 1 aliphatic heterocycles. The number of aromatic hydroxyl groups is 1. The van der Waals surface area contributed by atoms with Crippen molar-refractivity contribution in [2.75, 3.05) is 27.2 Å². The van der Waals surface area contributed by atoms with Crippen molar-refractivity contribution >= 4 is 16.7 Å². The second kappa shape index (κ2) is 8.81. The Balaban J connectivity index is 1.45. The first-order chi connectivity index (χ1) is 16.0. The van der Waals surface area contributed by atoms with E-state index < -0.39 is 0 Å². The summed E-state index contributed by atoms with van der Waals surface area (Å²) in [4.78, 5) is 15.6. The number of methoxy groups -OCH3 is 1. The van der Waals surface area contributed by atoms with Gasteiger partial charge in [0, 0.05) is 36.6 Å². The summed E-state index contributed by atoms with van der Waals surface area (Å²) < 4.78 is 6.02. The molecule has 0 radical (unpaired) electrons. The van der Waals surface area contributed by atoms with Crippen LogP contribution >= 0.6 is 0 Å². The second-order valence-corrected chi connectivity index (χ2v) is 9.77. The highest BCUT2D eigenvalue weighted by molar-refractivity contribution is 5.98. The van der Waals surface area contributed by atoms with E-state index in [1.165, 1.54) is 0 Å². The van der Waals surface area contributed by atoms with Gasteiger partial charge in [0.25, 0.3) is 5.91 Å². The van der Waals surface area contributed by atoms with Crippen molar-refractivity contribution < 1.29 is 14.6 Å². The van der Waals surface area contributed by atoms with E-state index in [2.05, 4.69) is 29.4 Å². The van der Waals surface area contributed by atoms with Crippen molar-refractivity contribution in [3.05, 3.63) is 77.9 Å². The number of nitrogens with one attached hydrogen (secondary N) is 1. The van der Waals surface area contributed by atoms with E-state index in [0.29, 0.717) is 11.5 Å². The van der Waals surface area contributed by atoms with Gasteiger partial charge in [0.1, 0.15) is 5.75 Å². The van der Waals surface area contributed by atoms with Crippen LogP contribution in [0.5, 0.6) is 5.75 Å². The van der Waals surface area contributed by atoms with Gasteiger partial charge in [-0.15, -0.1) is 0 Å². The van der Waals surface area contributed by atoms with E-state index in [-0.39, 0.29) is 29.2 Å². The minimum Gasteiger partial charge on any atom is -0.508 e. The molecule has 0 aromatic heterocycles. The van der Waals surface area contributed by atoms with Gasteiger partial charge < -0.3 is 20.1 Å². The number of hydrogen-bond acceptors (Lipinski definition) is 4. The fraction of sp³-hybridized carbons (Fsp3) is 0.393. The zero-order valence-corrected chi connectivity index (χ0v) is 19.3. The van der Waals surface area contributed by atoms with Gasteiger partial charge in [-0.1, -0.05) is 42.5 Å². The Bertz CT molecular complexity index is 1160. The van der Waals surface area contributed by atoms with Crippen LogP contribution in [0, 0.1) is 5.92 Å². The van der Waals surface area contributed by atoms with E-state index in [1.54, 1.807) is 13.2 Å². The number of nitrogens with zero attached hydrogens (tertiary/aromatic N) is 1. The summed E-state index contributed by atoms with van der Waals surface area (Å²) in [5.74, 6) is 0.547. The van der Waals surface area contributed by atoms with E-state index in [9.17, 15) is 9.90 Å². The number of hydrogen-bond donors (Lipinski definition) is 2. The van der Waals surface area contributed by atoms with Crippen molar-refractivity contribution in [3.8, 4) is 5.75 Å². The Hall–Kier alpha value is -2.89. The standard InChI is InChI=1S/C28H32N2O3/c1-30-13-12-28(22-8-5-9-24(31)15-22)17-23(16-26(33-2)25(28)18-30)29-27(32)21-11-10-19-6-3-4-7-20(19)14-21/h3-11,14-15,23,25-26,31H,12-13,16-18H2,1-2H3,(H,29,32). The second-order valence-electron chi connectivity index (χ2n) is 9.77. The van der Waals surface area contributed by atoms with Crippen LogP contribution in [0.2, 0.25) is 0 Å². The van der Waals surface area contributed by atoms with E-state index in [4.69, 9.17) is 4.74 Å². The van der Waals surface area contributed by atoms with Gasteiger partial charge in [-0.25, -0.2) is 0 Å². The zero-order valence-electron chi connectivity index (χ0n) is 19.3. The highest BCUT2D eigenvalue weighted by atomic mass is 16.5. The lowest BCUT2D eigenvalue weighted by Crippen LogP contribution is -2.60. The fourth-order valence-electron chi connectivity index (χ4n) is 6.13. The third kappa shape index (κ3) is 4.11. The smallest absolute Gasteiger partial charge is 0.251 e. The molecule has 33 heavy (non-hydrogen) atoms. The predicted octanol–water partition coefficient (Wildman–Crippen LogP) is 4.34. The topological polar surface area (TPSA) is 61.8 Å². The molecular weight excluding hydrogens is 412 g/mol. The van der Waals surface area contributed by atoms with Crippen LogP contribution in [-0.4, -0.2) is 55.3 Å². The Morgan fingerprint density at radius 2 is 1.91 bits per heavy atom. The quantitative estimate of drug-likeness (QED) is 0.628. The summed E-state index contributed by atoms with van der Waals surface area (Å²) in [6.45, 7) is 1.92. The summed E-state index contributed by atoms with van der Waals surface area (Å²) in [6, 6.07) is 21.6. The molecule has 4 atom stereocenters. The molecule has 0 bridgehead atoms. The molecule has 4 unspecified atom stereocenters. The molecule has 2 aliphatic rings. The summed E-state index contributed by atoms with van der Waals surface area (Å²) in [5, 5.41) is 15.8. The number of fused-ring (bicyclic) bond motifs is 2. The minimum absolute atomic E-state index is 0.00377. The van der Waals surface area contributed by atoms with Gasteiger partial charge in [0.15, 0.2) is 0 Å². The minimum atomic E-state index is -0.147. The number of phenolic OH excluding ortho intramolecular Hbond substituents is 1. The molecule has 172 valence electrons. The summed E-state index contributed by atoms with van der Waals surface area (Å²) in [5.41, 5.74) is 1.68. The number of likely N-dealkylation sites (tertiary alicyclic amines) is 1. The number of ether oxygens (including phenoxy) is 1. The van der Waals surface area contributed by atoms with Crippen LogP contribution in [-0.2, 0) is 10.2 Å². The molecule has 1 saturated carbocycles. The Morgan fingerprint density at radius 3 is 2.70 bits per heavy atom. The van der Waals surface area contributed by atoms with Gasteiger partial charge in [0.05, 0.1) is 6.10 Å². The van der Waals surface area contributed by atoms with Gasteiger partial charge in [0.2, 0.25) is 0 Å². The predicted molar refractivity (Wildman–Crippen MR) is 131 cm³/mol. The monoisotopic (exact) mass is 444 g/mol. The molecular formula is C28H32N2O3. The largest absolute Gasteiger partial charge is 0.508 e. The van der Waals surface area contributed by atoms with Crippen LogP contribution in [0.1, 0.15) is 35.2 Å². The number of rotatable bonds is 4. The maximum atomic E-state index is 13.3. The number of piperidine rings is 1. The molecule has 5 nitrogen and oxygen atoms in total. The van der Waals surface area contributed by atoms with Gasteiger partial charge in [-0.05, 0) is 73.5 Å². The lowest BCUT2D eigenvalue weighted by atomic mass is 9.57. The van der Waals surface area contributed by atoms with Crippen LogP contribution in [0.15, 0.2) is 66.7 Å². The SMILES string of the molecule is COC1CC(NC(=O)c2ccc3ccccc3c2)CC2(c3cccc(O)c3)CCN(C)CC12. The Kier molecular flexibility index (Phi) is 5.85. The molecule has 5 rings (SSSR count). The third-order valence-corrected chi connectivity index (χ3v) is 7.80. The number of carbonyl (C=O) groups excluding carboxylic acids is 1. The summed E-state index contributed by atoms with van der Waals surface area (Å²) in [7, 11) is 3.94. The summed E-state index contributed by atoms with van der Waals surface area (Å²) in [6.07, 6.45) is 2.63. The Morgan fingerprint density at radius 1 is 1.09 bits per heavy atom. The zero-order chi connectivity index (χ0) is 23.0. The lowest BCUT2D eigenvalue weighted by molar-refractivity contribution is -0.0629. The van der Waals surface area contributed by atoms with Crippen LogP contribution in [0.4, 0.5) is 0 Å². The van der Waals surface area contributed by atoms with Gasteiger partial charge in [-0.3, -0.25) is 4.79 Å². The van der Waals surface area contributed by atoms with Gasteiger partial charge >= 0.3 is 0 Å². The third-order valence-electron chi connectivity index (χ3n) is 7.80. The lowest BCUT2D eigenvalue weighted by Gasteiger charge is -2.55. The normalized spacial score (nSPS) is 27.8. The average Bonchev–Trinajstić information content (AvgIpc) is 2.83. The molecule has 0 spiro atoms. The van der Waals surface area contributed by atoms with Crippen molar-refractivity contribution in [1.82, 2.24) is 10.2 Å². The molecule has 1 amide bonds. The van der Waals surface area contributed by atoms with Crippen LogP contribution < -0.4 is 5.32 Å². The van der Waals surface area contributed by atoms with E-state index in [0.717, 1.165) is 48.7 Å². The number of carbonyl (C=O) groups is 1. The average molecular weight is 445 g/mol. The molecule has 3 aromatic rings. The van der Waals surface area contributed by atoms with E-state index >= 15 is 0 Å². The first-order valence-electron chi connectivity index (χ1n) is 11.8. The van der Waals surface area contributed by atoms with Crippen LogP contribution in [0.3, 0.4) is 0 Å². The highest BCUT2D eigenvalue weighted by Gasteiger charge is 2.52. The first-order valence-corrected chi connectivity index (χ1v) is 11.8. The molecule has 1 saturated heterocycles. The number of benzene rings is 3. The number of amides is 1. The molecule has 1 heterocycles. The van der Waals surface area contributed by atoms with Crippen LogP contribution in [0.25, 0.3) is 10.8 Å². The molecule has 5 heteroatoms. The summed E-state index contributed by atoms with van der Waals surface area (Å²) >= 11 is 0. The Labute approximate surface area is 195 Å². The first kappa shape index (κ1) is 21.9. The fourth-order valence-corrected chi connectivity index (χ4v) is 6.13. The van der Waals surface area contributed by atoms with Crippen molar-refractivity contribution in [2.24, 2.45) is 5.92 Å². The van der Waals surface area contributed by atoms with Crippen molar-refractivity contribution in [1.29, 1.82) is 0 Å². The maximum Gasteiger partial charge on any atom is 0.251 e. The molecule has 2 fully saturated rings. The molecule has 1 aliphatic carbocycles. The van der Waals surface area contributed by atoms with Gasteiger partial charge in [-0.2, -0.15) is 0 Å².